The number of nitrogens with zero attached hydrogens (tertiary/aromatic N) is 5. The Morgan fingerprint density at radius 3 is 2.60 bits per heavy atom. The molecule has 0 amide bonds. The van der Waals surface area contributed by atoms with Gasteiger partial charge in [-0.05, 0) is 29.8 Å². The van der Waals surface area contributed by atoms with Gasteiger partial charge in [0.25, 0.3) is 0 Å². The summed E-state index contributed by atoms with van der Waals surface area (Å²) >= 11 is 6.47. The van der Waals surface area contributed by atoms with Gasteiger partial charge in [0.15, 0.2) is 19.2 Å². The summed E-state index contributed by atoms with van der Waals surface area (Å²) in [4.78, 5) is 19.9. The quantitative estimate of drug-likeness (QED) is 0.514. The van der Waals surface area contributed by atoms with Crippen LogP contribution in [0.1, 0.15) is 11.4 Å². The van der Waals surface area contributed by atoms with Crippen LogP contribution in [0.25, 0.3) is 26.0 Å². The van der Waals surface area contributed by atoms with Crippen LogP contribution >= 0.6 is 38.6 Å². The molecule has 5 nitrogen and oxygen atoms in total. The standard InChI is InChI=1S/C12H8BrN5S2/c1-5-3-18-4-7(15-8(18)6(2)14-5)9-16-10-11(19-9)17-12(13)20-10/h3-4H,1-2H3. The maximum atomic E-state index is 4.63. The molecule has 20 heavy (non-hydrogen) atoms. The number of thiazole rings is 2. The van der Waals surface area contributed by atoms with Crippen LogP contribution in [0.2, 0.25) is 0 Å². The molecule has 0 atom stereocenters. The van der Waals surface area contributed by atoms with E-state index in [-0.39, 0.29) is 0 Å². The molecule has 0 bridgehead atoms. The number of aryl methyl sites for hydroxylation is 2. The smallest absolute Gasteiger partial charge is 0.162 e. The molecule has 0 saturated heterocycles. The second kappa shape index (κ2) is 4.31. The van der Waals surface area contributed by atoms with Gasteiger partial charge < -0.3 is 4.40 Å². The first-order chi connectivity index (χ1) is 9.60. The van der Waals surface area contributed by atoms with Gasteiger partial charge in [0.05, 0.1) is 11.4 Å². The molecular weight excluding hydrogens is 358 g/mol. The molecule has 0 radical (unpaired) electrons. The summed E-state index contributed by atoms with van der Waals surface area (Å²) in [6.07, 6.45) is 3.97. The molecular formula is C12H8BrN5S2. The Labute approximate surface area is 130 Å². The van der Waals surface area contributed by atoms with Crippen LogP contribution < -0.4 is 0 Å². The van der Waals surface area contributed by atoms with E-state index >= 15 is 0 Å². The van der Waals surface area contributed by atoms with Crippen molar-refractivity contribution in [3.63, 3.8) is 0 Å². The minimum atomic E-state index is 0.864. The van der Waals surface area contributed by atoms with Crippen molar-refractivity contribution in [3.8, 4) is 10.7 Å². The molecule has 4 rings (SSSR count). The van der Waals surface area contributed by atoms with Crippen LogP contribution in [0.4, 0.5) is 0 Å². The SMILES string of the molecule is Cc1cn2cc(-c3nc4sc(Br)nc4s3)nc2c(C)n1. The number of aromatic nitrogens is 5. The third-order valence-corrected chi connectivity index (χ3v) is 5.40. The van der Waals surface area contributed by atoms with Crippen LogP contribution in [-0.4, -0.2) is 24.3 Å². The third-order valence-electron chi connectivity index (χ3n) is 2.89. The summed E-state index contributed by atoms with van der Waals surface area (Å²) in [5.74, 6) is 0. The Morgan fingerprint density at radius 1 is 1.00 bits per heavy atom. The fourth-order valence-corrected chi connectivity index (χ4v) is 4.61. The summed E-state index contributed by atoms with van der Waals surface area (Å²) in [5.41, 5.74) is 3.64. The van der Waals surface area contributed by atoms with E-state index in [0.717, 1.165) is 41.3 Å². The lowest BCUT2D eigenvalue weighted by Crippen LogP contribution is -1.93. The molecule has 0 saturated carbocycles. The second-order valence-corrected chi connectivity index (χ2v) is 7.65. The highest BCUT2D eigenvalue weighted by Crippen LogP contribution is 2.34. The summed E-state index contributed by atoms with van der Waals surface area (Å²) in [6.45, 7) is 3.95. The van der Waals surface area contributed by atoms with Crippen molar-refractivity contribution in [2.24, 2.45) is 0 Å². The minimum absolute atomic E-state index is 0.864. The lowest BCUT2D eigenvalue weighted by molar-refractivity contribution is 1.03. The van der Waals surface area contributed by atoms with E-state index in [0.29, 0.717) is 0 Å². The zero-order chi connectivity index (χ0) is 13.9. The van der Waals surface area contributed by atoms with Gasteiger partial charge in [-0.15, -0.1) is 0 Å². The number of halogens is 1. The zero-order valence-corrected chi connectivity index (χ0v) is 13.8. The van der Waals surface area contributed by atoms with Crippen molar-refractivity contribution < 1.29 is 0 Å². The van der Waals surface area contributed by atoms with Crippen molar-refractivity contribution in [2.75, 3.05) is 0 Å². The Bertz CT molecular complexity index is 920. The molecule has 4 aromatic rings. The van der Waals surface area contributed by atoms with Crippen LogP contribution in [0.3, 0.4) is 0 Å². The molecule has 0 aliphatic rings. The highest BCUT2D eigenvalue weighted by Gasteiger charge is 2.14. The van der Waals surface area contributed by atoms with Crippen molar-refractivity contribution in [1.82, 2.24) is 24.3 Å². The van der Waals surface area contributed by atoms with Crippen LogP contribution in [0.15, 0.2) is 16.3 Å². The molecule has 0 aromatic carbocycles. The molecule has 0 N–H and O–H groups in total. The first-order valence-electron chi connectivity index (χ1n) is 5.86. The molecule has 4 heterocycles. The van der Waals surface area contributed by atoms with Gasteiger partial charge in [0.1, 0.15) is 10.7 Å². The summed E-state index contributed by atoms with van der Waals surface area (Å²) in [7, 11) is 0. The van der Waals surface area contributed by atoms with Gasteiger partial charge in [-0.3, -0.25) is 4.98 Å². The first-order valence-corrected chi connectivity index (χ1v) is 8.29. The first kappa shape index (κ1) is 12.4. The Morgan fingerprint density at radius 2 is 1.80 bits per heavy atom. The van der Waals surface area contributed by atoms with Gasteiger partial charge in [-0.2, -0.15) is 0 Å². The topological polar surface area (TPSA) is 56.0 Å². The Balaban J connectivity index is 1.92. The molecule has 8 heteroatoms. The molecule has 0 spiro atoms. The van der Waals surface area contributed by atoms with Gasteiger partial charge in [-0.1, -0.05) is 22.7 Å². The fourth-order valence-electron chi connectivity index (χ4n) is 2.13. The van der Waals surface area contributed by atoms with E-state index in [1.165, 1.54) is 11.3 Å². The summed E-state index contributed by atoms with van der Waals surface area (Å²) < 4.78 is 2.87. The number of fused-ring (bicyclic) bond motifs is 2. The van der Waals surface area contributed by atoms with Crippen molar-refractivity contribution in [2.45, 2.75) is 13.8 Å². The van der Waals surface area contributed by atoms with E-state index in [1.807, 2.05) is 30.6 Å². The number of imidazole rings is 1. The van der Waals surface area contributed by atoms with Crippen LogP contribution in [0.5, 0.6) is 0 Å². The van der Waals surface area contributed by atoms with E-state index in [2.05, 4.69) is 35.9 Å². The van der Waals surface area contributed by atoms with Crippen LogP contribution in [-0.2, 0) is 0 Å². The lowest BCUT2D eigenvalue weighted by atomic mass is 10.4. The van der Waals surface area contributed by atoms with Gasteiger partial charge in [0.2, 0.25) is 0 Å². The predicted molar refractivity (Wildman–Crippen MR) is 84.4 cm³/mol. The predicted octanol–water partition coefficient (Wildman–Crippen LogP) is 3.84. The average molecular weight is 366 g/mol. The molecule has 100 valence electrons. The maximum Gasteiger partial charge on any atom is 0.162 e. The van der Waals surface area contributed by atoms with Crippen LogP contribution in [0, 0.1) is 13.8 Å². The highest BCUT2D eigenvalue weighted by atomic mass is 79.9. The van der Waals surface area contributed by atoms with E-state index < -0.39 is 0 Å². The van der Waals surface area contributed by atoms with Gasteiger partial charge in [0, 0.05) is 12.4 Å². The molecule has 0 aliphatic carbocycles. The zero-order valence-electron chi connectivity index (χ0n) is 10.6. The number of rotatable bonds is 1. The normalized spacial score (nSPS) is 11.8. The summed E-state index contributed by atoms with van der Waals surface area (Å²) in [5, 5.41) is 0.895. The highest BCUT2D eigenvalue weighted by molar-refractivity contribution is 9.11. The average Bonchev–Trinajstić information content (AvgIpc) is 2.99. The second-order valence-electron chi connectivity index (χ2n) is 4.42. The van der Waals surface area contributed by atoms with Gasteiger partial charge in [-0.25, -0.2) is 15.0 Å². The monoisotopic (exact) mass is 365 g/mol. The van der Waals surface area contributed by atoms with Crippen molar-refractivity contribution in [3.05, 3.63) is 27.7 Å². The number of hydrogen-bond acceptors (Lipinski definition) is 6. The molecule has 0 fully saturated rings. The van der Waals surface area contributed by atoms with Crippen molar-refractivity contribution in [1.29, 1.82) is 0 Å². The Kier molecular flexibility index (Phi) is 2.66. The molecule has 0 unspecified atom stereocenters. The number of hydrogen-bond donors (Lipinski definition) is 0. The van der Waals surface area contributed by atoms with E-state index in [1.54, 1.807) is 11.3 Å². The lowest BCUT2D eigenvalue weighted by Gasteiger charge is -1.98. The van der Waals surface area contributed by atoms with E-state index in [9.17, 15) is 0 Å². The van der Waals surface area contributed by atoms with Gasteiger partial charge >= 0.3 is 0 Å². The summed E-state index contributed by atoms with van der Waals surface area (Å²) in [6, 6.07) is 0. The fraction of sp³-hybridized carbons (Fsp3) is 0.167. The molecule has 0 aliphatic heterocycles. The molecule has 4 aromatic heterocycles. The maximum absolute atomic E-state index is 4.63. The largest absolute Gasteiger partial charge is 0.303 e. The van der Waals surface area contributed by atoms with Crippen molar-refractivity contribution >= 4 is 53.9 Å². The third kappa shape index (κ3) is 1.87. The minimum Gasteiger partial charge on any atom is -0.303 e. The Hall–Kier alpha value is -1.38. The van der Waals surface area contributed by atoms with E-state index in [4.69, 9.17) is 0 Å².